The Kier molecular flexibility index (Phi) is 5.79. The van der Waals surface area contributed by atoms with Gasteiger partial charge < -0.3 is 10.6 Å². The lowest BCUT2D eigenvalue weighted by atomic mass is 10.2. The molecule has 11 heteroatoms. The first-order valence-electron chi connectivity index (χ1n) is 7.64. The molecule has 1 fully saturated rings. The Morgan fingerprint density at radius 1 is 1.27 bits per heavy atom. The van der Waals surface area contributed by atoms with Crippen LogP contribution < -0.4 is 15.4 Å². The van der Waals surface area contributed by atoms with Crippen LogP contribution >= 0.6 is 23.1 Å². The van der Waals surface area contributed by atoms with E-state index in [-0.39, 0.29) is 21.8 Å². The van der Waals surface area contributed by atoms with Crippen LogP contribution in [0.15, 0.2) is 40.7 Å². The standard InChI is InChI=1S/C15H16N4O4S3/c20-13-5-7-24-9-12(18-13)14(21)17-10-1-3-11(4-2-10)26(22,23)19-15-16-6-8-25-15/h1-4,6,8,12H,5,7,9H2,(H,16,19)(H,17,21)(H,18,20)/t12-/m0/s1. The summed E-state index contributed by atoms with van der Waals surface area (Å²) in [7, 11) is -3.74. The average Bonchev–Trinajstić information content (AvgIpc) is 3.00. The highest BCUT2D eigenvalue weighted by Gasteiger charge is 2.23. The Morgan fingerprint density at radius 3 is 2.73 bits per heavy atom. The van der Waals surface area contributed by atoms with E-state index in [1.165, 1.54) is 53.6 Å². The number of thioether (sulfide) groups is 1. The molecule has 138 valence electrons. The monoisotopic (exact) mass is 412 g/mol. The van der Waals surface area contributed by atoms with E-state index in [0.29, 0.717) is 23.6 Å². The van der Waals surface area contributed by atoms with Crippen molar-refractivity contribution < 1.29 is 18.0 Å². The number of sulfonamides is 1. The van der Waals surface area contributed by atoms with Gasteiger partial charge in [-0.05, 0) is 24.3 Å². The molecule has 2 heterocycles. The quantitative estimate of drug-likeness (QED) is 0.685. The summed E-state index contributed by atoms with van der Waals surface area (Å²) in [5, 5.41) is 7.32. The van der Waals surface area contributed by atoms with Gasteiger partial charge in [0, 0.05) is 35.2 Å². The first-order chi connectivity index (χ1) is 12.4. The van der Waals surface area contributed by atoms with Gasteiger partial charge >= 0.3 is 0 Å². The van der Waals surface area contributed by atoms with E-state index in [9.17, 15) is 18.0 Å². The topological polar surface area (TPSA) is 117 Å². The van der Waals surface area contributed by atoms with Crippen LogP contribution in [-0.2, 0) is 19.6 Å². The van der Waals surface area contributed by atoms with Crippen LogP contribution in [-0.4, -0.2) is 42.8 Å². The minimum Gasteiger partial charge on any atom is -0.343 e. The van der Waals surface area contributed by atoms with Crippen LogP contribution in [0.4, 0.5) is 10.8 Å². The molecule has 0 radical (unpaired) electrons. The van der Waals surface area contributed by atoms with Gasteiger partial charge in [-0.1, -0.05) is 0 Å². The van der Waals surface area contributed by atoms with Gasteiger partial charge in [0.05, 0.1) is 4.90 Å². The molecule has 26 heavy (non-hydrogen) atoms. The summed E-state index contributed by atoms with van der Waals surface area (Å²) in [4.78, 5) is 27.8. The van der Waals surface area contributed by atoms with Crippen LogP contribution in [0.2, 0.25) is 0 Å². The molecule has 3 N–H and O–H groups in total. The van der Waals surface area contributed by atoms with Crippen molar-refractivity contribution in [1.82, 2.24) is 10.3 Å². The van der Waals surface area contributed by atoms with E-state index in [2.05, 4.69) is 20.3 Å². The molecule has 0 saturated carbocycles. The van der Waals surface area contributed by atoms with Crippen LogP contribution in [0.25, 0.3) is 0 Å². The van der Waals surface area contributed by atoms with Crippen molar-refractivity contribution in [3.63, 3.8) is 0 Å². The van der Waals surface area contributed by atoms with E-state index in [4.69, 9.17) is 0 Å². The third kappa shape index (κ3) is 4.74. The molecule has 2 aromatic rings. The molecule has 1 aromatic heterocycles. The Morgan fingerprint density at radius 2 is 2.04 bits per heavy atom. The Bertz CT molecular complexity index is 882. The molecular formula is C15H16N4O4S3. The van der Waals surface area contributed by atoms with Gasteiger partial charge in [-0.3, -0.25) is 14.3 Å². The number of nitrogens with zero attached hydrogens (tertiary/aromatic N) is 1. The fourth-order valence-corrected chi connectivity index (χ4v) is 4.97. The number of benzene rings is 1. The maximum absolute atomic E-state index is 12.3. The third-order valence-electron chi connectivity index (χ3n) is 3.50. The smallest absolute Gasteiger partial charge is 0.263 e. The molecule has 1 aromatic carbocycles. The highest BCUT2D eigenvalue weighted by molar-refractivity contribution is 7.99. The molecule has 1 saturated heterocycles. The first-order valence-corrected chi connectivity index (χ1v) is 11.2. The molecule has 0 spiro atoms. The molecule has 0 bridgehead atoms. The van der Waals surface area contributed by atoms with Crippen molar-refractivity contribution in [3.05, 3.63) is 35.8 Å². The number of amides is 2. The summed E-state index contributed by atoms with van der Waals surface area (Å²) in [6, 6.07) is 5.18. The molecule has 3 rings (SSSR count). The number of nitrogens with one attached hydrogen (secondary N) is 3. The second-order valence-electron chi connectivity index (χ2n) is 5.40. The predicted octanol–water partition coefficient (Wildman–Crippen LogP) is 1.50. The summed E-state index contributed by atoms with van der Waals surface area (Å²) in [6.07, 6.45) is 1.90. The maximum Gasteiger partial charge on any atom is 0.263 e. The van der Waals surface area contributed by atoms with Crippen molar-refractivity contribution in [3.8, 4) is 0 Å². The van der Waals surface area contributed by atoms with Gasteiger partial charge in [0.15, 0.2) is 5.13 Å². The lowest BCUT2D eigenvalue weighted by molar-refractivity contribution is -0.125. The lowest BCUT2D eigenvalue weighted by Gasteiger charge is -2.15. The third-order valence-corrected chi connectivity index (χ3v) is 6.73. The number of carbonyl (C=O) groups excluding carboxylic acids is 2. The normalized spacial score (nSPS) is 17.8. The molecular weight excluding hydrogens is 396 g/mol. The molecule has 0 aliphatic carbocycles. The van der Waals surface area contributed by atoms with E-state index in [0.717, 1.165) is 0 Å². The first kappa shape index (κ1) is 18.7. The number of aromatic nitrogens is 1. The van der Waals surface area contributed by atoms with Crippen molar-refractivity contribution in [2.24, 2.45) is 0 Å². The minimum absolute atomic E-state index is 0.0593. The molecule has 0 unspecified atom stereocenters. The number of carbonyl (C=O) groups is 2. The van der Waals surface area contributed by atoms with Crippen molar-refractivity contribution >= 4 is 55.8 Å². The molecule has 1 atom stereocenters. The predicted molar refractivity (Wildman–Crippen MR) is 102 cm³/mol. The number of rotatable bonds is 5. The zero-order valence-electron chi connectivity index (χ0n) is 13.5. The van der Waals surface area contributed by atoms with Crippen molar-refractivity contribution in [2.45, 2.75) is 17.4 Å². The number of hydrogen-bond donors (Lipinski definition) is 3. The fraction of sp³-hybridized carbons (Fsp3) is 0.267. The van der Waals surface area contributed by atoms with E-state index in [1.807, 2.05) is 0 Å². The zero-order valence-corrected chi connectivity index (χ0v) is 15.9. The molecule has 2 amide bonds. The lowest BCUT2D eigenvalue weighted by Crippen LogP contribution is -2.44. The van der Waals surface area contributed by atoms with Gasteiger partial charge in [-0.15, -0.1) is 11.3 Å². The Hall–Kier alpha value is -2.11. The van der Waals surface area contributed by atoms with Crippen LogP contribution in [0.1, 0.15) is 6.42 Å². The second kappa shape index (κ2) is 8.06. The van der Waals surface area contributed by atoms with Crippen LogP contribution in [0.3, 0.4) is 0 Å². The average molecular weight is 413 g/mol. The van der Waals surface area contributed by atoms with Crippen LogP contribution in [0.5, 0.6) is 0 Å². The molecule has 1 aliphatic rings. The van der Waals surface area contributed by atoms with E-state index in [1.54, 1.807) is 5.38 Å². The summed E-state index contributed by atoms with van der Waals surface area (Å²) in [5.74, 6) is 0.713. The number of thiazole rings is 1. The van der Waals surface area contributed by atoms with Gasteiger partial charge in [0.1, 0.15) is 6.04 Å². The van der Waals surface area contributed by atoms with Crippen LogP contribution in [0, 0.1) is 0 Å². The van der Waals surface area contributed by atoms with E-state index < -0.39 is 16.1 Å². The summed E-state index contributed by atoms with van der Waals surface area (Å²) in [6.45, 7) is 0. The van der Waals surface area contributed by atoms with Gasteiger partial charge in [0.25, 0.3) is 10.0 Å². The van der Waals surface area contributed by atoms with Gasteiger partial charge in [-0.25, -0.2) is 13.4 Å². The number of hydrogen-bond acceptors (Lipinski definition) is 7. The van der Waals surface area contributed by atoms with Crippen molar-refractivity contribution in [2.75, 3.05) is 21.5 Å². The minimum atomic E-state index is -3.74. The zero-order chi connectivity index (χ0) is 18.6. The Balaban J connectivity index is 1.65. The van der Waals surface area contributed by atoms with Gasteiger partial charge in [-0.2, -0.15) is 11.8 Å². The molecule has 8 nitrogen and oxygen atoms in total. The fourth-order valence-electron chi connectivity index (χ4n) is 2.21. The van der Waals surface area contributed by atoms with E-state index >= 15 is 0 Å². The molecule has 1 aliphatic heterocycles. The second-order valence-corrected chi connectivity index (χ2v) is 9.13. The van der Waals surface area contributed by atoms with Gasteiger partial charge in [0.2, 0.25) is 11.8 Å². The summed E-state index contributed by atoms with van der Waals surface area (Å²) in [5.41, 5.74) is 0.451. The number of anilines is 2. The highest BCUT2D eigenvalue weighted by Crippen LogP contribution is 2.20. The summed E-state index contributed by atoms with van der Waals surface area (Å²) < 4.78 is 26.9. The van der Waals surface area contributed by atoms with Crippen molar-refractivity contribution in [1.29, 1.82) is 0 Å². The maximum atomic E-state index is 12.3. The highest BCUT2D eigenvalue weighted by atomic mass is 32.2. The summed E-state index contributed by atoms with van der Waals surface area (Å²) >= 11 is 2.72. The SMILES string of the molecule is O=C1CCSC[C@@H](C(=O)Nc2ccc(S(=O)(=O)Nc3nccs3)cc2)N1. The Labute approximate surface area is 158 Å². The largest absolute Gasteiger partial charge is 0.343 e.